The summed E-state index contributed by atoms with van der Waals surface area (Å²) in [6.07, 6.45) is 12.6. The third kappa shape index (κ3) is 6.18. The minimum absolute atomic E-state index is 0.0363. The Hall–Kier alpha value is -4.67. The lowest BCUT2D eigenvalue weighted by Crippen LogP contribution is -2.43. The number of benzene rings is 2. The van der Waals surface area contributed by atoms with Gasteiger partial charge in [0.05, 0.1) is 16.5 Å². The number of alkyl halides is 1. The summed E-state index contributed by atoms with van der Waals surface area (Å²) in [5, 5.41) is 2.92. The summed E-state index contributed by atoms with van der Waals surface area (Å²) in [5.74, 6) is 1.51. The summed E-state index contributed by atoms with van der Waals surface area (Å²) < 4.78 is 58.9. The summed E-state index contributed by atoms with van der Waals surface area (Å²) >= 11 is 0. The van der Waals surface area contributed by atoms with Gasteiger partial charge in [0.15, 0.2) is 11.6 Å². The summed E-state index contributed by atoms with van der Waals surface area (Å²) in [4.78, 5) is 30.9. The lowest BCUT2D eigenvalue weighted by Gasteiger charge is -2.31. The van der Waals surface area contributed by atoms with Gasteiger partial charge < -0.3 is 14.4 Å². The molecule has 10 nitrogen and oxygen atoms in total. The van der Waals surface area contributed by atoms with Crippen molar-refractivity contribution in [3.05, 3.63) is 47.7 Å². The van der Waals surface area contributed by atoms with Crippen molar-refractivity contribution in [2.75, 3.05) is 44.3 Å². The number of anilines is 1. The molecule has 2 atom stereocenters. The Bertz CT molecular complexity index is 2050. The Labute approximate surface area is 294 Å². The lowest BCUT2D eigenvalue weighted by atomic mass is 9.95. The first kappa shape index (κ1) is 33.5. The van der Waals surface area contributed by atoms with Crippen molar-refractivity contribution in [2.45, 2.75) is 76.0 Å². The minimum atomic E-state index is -0.935. The molecule has 3 aliphatic heterocycles. The van der Waals surface area contributed by atoms with Crippen molar-refractivity contribution in [3.8, 4) is 35.4 Å². The molecule has 266 valence electrons. The first-order chi connectivity index (χ1) is 24.8. The van der Waals surface area contributed by atoms with Gasteiger partial charge in [-0.25, -0.2) is 23.4 Å². The van der Waals surface area contributed by atoms with E-state index in [1.807, 2.05) is 11.9 Å². The zero-order valence-electron chi connectivity index (χ0n) is 28.6. The molecule has 13 heteroatoms. The van der Waals surface area contributed by atoms with Crippen LogP contribution >= 0.6 is 0 Å². The monoisotopic (exact) mass is 699 g/mol. The molecule has 0 unspecified atom stereocenters. The molecule has 8 rings (SSSR count). The summed E-state index contributed by atoms with van der Waals surface area (Å²) in [6, 6.07) is 5.89. The predicted molar refractivity (Wildman–Crippen MR) is 187 cm³/mol. The van der Waals surface area contributed by atoms with Crippen LogP contribution in [-0.4, -0.2) is 87.9 Å². The fraction of sp³-hybridized carbons (Fsp3) is 0.474. The van der Waals surface area contributed by atoms with E-state index in [2.05, 4.69) is 26.2 Å². The first-order valence-corrected chi connectivity index (χ1v) is 17.9. The van der Waals surface area contributed by atoms with Gasteiger partial charge in [0, 0.05) is 55.8 Å². The van der Waals surface area contributed by atoms with Gasteiger partial charge in [-0.1, -0.05) is 18.4 Å². The summed E-state index contributed by atoms with van der Waals surface area (Å²) in [6.45, 7) is 5.02. The largest absolute Gasteiger partial charge is 0.461 e. The second kappa shape index (κ2) is 13.5. The SMILES string of the molecule is C#Cc1c(F)ccc2cc(OC(=O)N(CC)C3CC3)cc(-c3ncc4c(N5CCCCCN5)nc(OC[C@@]56CCCN5C[C@H](F)C6)nc4c3F)c12. The van der Waals surface area contributed by atoms with Crippen LogP contribution in [0.5, 0.6) is 11.8 Å². The van der Waals surface area contributed by atoms with Gasteiger partial charge in [-0.2, -0.15) is 9.97 Å². The van der Waals surface area contributed by atoms with Gasteiger partial charge >= 0.3 is 12.1 Å². The van der Waals surface area contributed by atoms with Crippen LogP contribution in [-0.2, 0) is 0 Å². The maximum atomic E-state index is 17.2. The van der Waals surface area contributed by atoms with E-state index in [1.54, 1.807) is 11.0 Å². The number of ether oxygens (including phenoxy) is 2. The number of rotatable bonds is 8. The van der Waals surface area contributed by atoms with Crippen molar-refractivity contribution >= 4 is 33.6 Å². The number of carbonyl (C=O) groups excluding carboxylic acids is 1. The van der Waals surface area contributed by atoms with E-state index < -0.39 is 29.4 Å². The van der Waals surface area contributed by atoms with Crippen LogP contribution in [0, 0.1) is 24.0 Å². The quantitative estimate of drug-likeness (QED) is 0.206. The van der Waals surface area contributed by atoms with Crippen LogP contribution in [0.4, 0.5) is 23.8 Å². The van der Waals surface area contributed by atoms with Crippen LogP contribution in [0.3, 0.4) is 0 Å². The first-order valence-electron chi connectivity index (χ1n) is 17.9. The molecule has 1 amide bonds. The molecule has 2 aromatic carbocycles. The van der Waals surface area contributed by atoms with Crippen molar-refractivity contribution in [1.29, 1.82) is 0 Å². The fourth-order valence-corrected chi connectivity index (χ4v) is 8.05. The number of hydrazine groups is 1. The fourth-order valence-electron chi connectivity index (χ4n) is 8.05. The highest BCUT2D eigenvalue weighted by Gasteiger charge is 2.49. The zero-order chi connectivity index (χ0) is 35.3. The molecule has 1 saturated carbocycles. The number of fused-ring (bicyclic) bond motifs is 3. The van der Waals surface area contributed by atoms with Crippen molar-refractivity contribution in [2.24, 2.45) is 0 Å². The summed E-state index contributed by atoms with van der Waals surface area (Å²) in [7, 11) is 0. The smallest absolute Gasteiger partial charge is 0.415 e. The average Bonchev–Trinajstić information content (AvgIpc) is 3.87. The molecule has 4 aromatic rings. The predicted octanol–water partition coefficient (Wildman–Crippen LogP) is 6.54. The Morgan fingerprint density at radius 1 is 1.16 bits per heavy atom. The second-order valence-corrected chi connectivity index (χ2v) is 14.0. The van der Waals surface area contributed by atoms with Crippen LogP contribution in [0.2, 0.25) is 0 Å². The zero-order valence-corrected chi connectivity index (χ0v) is 28.6. The molecule has 4 aliphatic rings. The third-order valence-corrected chi connectivity index (χ3v) is 10.7. The van der Waals surface area contributed by atoms with Crippen molar-refractivity contribution in [3.63, 3.8) is 0 Å². The Morgan fingerprint density at radius 3 is 2.82 bits per heavy atom. The number of amides is 1. The average molecular weight is 700 g/mol. The number of pyridine rings is 1. The summed E-state index contributed by atoms with van der Waals surface area (Å²) in [5.41, 5.74) is 2.79. The van der Waals surface area contributed by atoms with Crippen molar-refractivity contribution in [1.82, 2.24) is 30.2 Å². The van der Waals surface area contributed by atoms with E-state index in [4.69, 9.17) is 20.9 Å². The van der Waals surface area contributed by atoms with Gasteiger partial charge in [0.1, 0.15) is 35.6 Å². The maximum absolute atomic E-state index is 17.2. The molecule has 51 heavy (non-hydrogen) atoms. The topological polar surface area (TPSA) is 96.0 Å². The Balaban J connectivity index is 1.26. The van der Waals surface area contributed by atoms with Crippen LogP contribution in [0.1, 0.15) is 63.9 Å². The van der Waals surface area contributed by atoms with E-state index in [1.165, 1.54) is 24.4 Å². The molecule has 0 bridgehead atoms. The van der Waals surface area contributed by atoms with Gasteiger partial charge in [0.2, 0.25) is 0 Å². The Kier molecular flexibility index (Phi) is 8.84. The molecular formula is C38H40F3N7O3. The third-order valence-electron chi connectivity index (χ3n) is 10.7. The number of hydrogen-bond donors (Lipinski definition) is 1. The van der Waals surface area contributed by atoms with Gasteiger partial charge in [-0.3, -0.25) is 14.9 Å². The number of nitrogens with zero attached hydrogens (tertiary/aromatic N) is 6. The standard InChI is InChI=1S/C38H40F3N7O3/c1-3-27-30(40)12-9-23-17-26(51-37(49)47(4-2)25-10-11-25)18-28(31(23)27)33-32(41)34-29(20-42-33)35(48-16-7-5-6-14-43-48)45-36(44-34)50-22-38-13-8-15-46(38)21-24(39)19-38/h1,9,12,17-18,20,24-25,43H,4-8,10-11,13-16,19,21-22H2,2H3/t24-,38+/m1/s1. The molecule has 0 radical (unpaired) electrons. The normalized spacial score (nSPS) is 22.2. The Morgan fingerprint density at radius 2 is 2.02 bits per heavy atom. The number of hydrogen-bond acceptors (Lipinski definition) is 9. The highest BCUT2D eigenvalue weighted by Crippen LogP contribution is 2.42. The van der Waals surface area contributed by atoms with Crippen LogP contribution in [0.25, 0.3) is 32.9 Å². The molecule has 5 heterocycles. The lowest BCUT2D eigenvalue weighted by molar-refractivity contribution is 0.107. The van der Waals surface area contributed by atoms with E-state index in [0.29, 0.717) is 49.2 Å². The highest BCUT2D eigenvalue weighted by molar-refractivity contribution is 6.03. The number of carbonyl (C=O) groups is 1. The number of nitrogens with one attached hydrogen (secondary N) is 1. The molecule has 0 spiro atoms. The minimum Gasteiger partial charge on any atom is -0.461 e. The van der Waals surface area contributed by atoms with Gasteiger partial charge in [0.25, 0.3) is 0 Å². The van der Waals surface area contributed by atoms with Crippen LogP contribution < -0.4 is 19.9 Å². The molecule has 4 fully saturated rings. The number of halogens is 3. The van der Waals surface area contributed by atoms with E-state index in [0.717, 1.165) is 51.5 Å². The van der Waals surface area contributed by atoms with Crippen LogP contribution in [0.15, 0.2) is 30.5 Å². The number of terminal acetylenes is 1. The van der Waals surface area contributed by atoms with E-state index in [-0.39, 0.29) is 52.1 Å². The molecule has 1 aliphatic carbocycles. The van der Waals surface area contributed by atoms with Gasteiger partial charge in [-0.05, 0) is 75.6 Å². The van der Waals surface area contributed by atoms with E-state index in [9.17, 15) is 9.18 Å². The maximum Gasteiger partial charge on any atom is 0.415 e. The highest BCUT2D eigenvalue weighted by atomic mass is 19.1. The van der Waals surface area contributed by atoms with Gasteiger partial charge in [-0.15, -0.1) is 6.42 Å². The molecule has 3 saturated heterocycles. The van der Waals surface area contributed by atoms with E-state index >= 15 is 8.78 Å². The van der Waals surface area contributed by atoms with Crippen molar-refractivity contribution < 1.29 is 27.4 Å². The second-order valence-electron chi connectivity index (χ2n) is 14.0. The number of aromatic nitrogens is 3. The molecule has 1 N–H and O–H groups in total. The molecular weight excluding hydrogens is 659 g/mol. The molecule has 2 aromatic heterocycles.